The molecule has 0 bridgehead atoms. The van der Waals surface area contributed by atoms with Gasteiger partial charge in [0.25, 0.3) is 0 Å². The summed E-state index contributed by atoms with van der Waals surface area (Å²) in [4.78, 5) is 11.2. The van der Waals surface area contributed by atoms with Crippen LogP contribution in [0.4, 0.5) is 10.1 Å². The fourth-order valence-corrected chi connectivity index (χ4v) is 1.34. The van der Waals surface area contributed by atoms with Gasteiger partial charge in [0.15, 0.2) is 0 Å². The lowest BCUT2D eigenvalue weighted by Crippen LogP contribution is -2.11. The summed E-state index contributed by atoms with van der Waals surface area (Å²) in [6.07, 6.45) is 0.427. The van der Waals surface area contributed by atoms with E-state index in [4.69, 9.17) is 0 Å². The van der Waals surface area contributed by atoms with Gasteiger partial charge < -0.3 is 5.32 Å². The lowest BCUT2D eigenvalue weighted by atomic mass is 10.1. The Morgan fingerprint density at radius 3 is 2.29 bits per heavy atom. The van der Waals surface area contributed by atoms with Crippen LogP contribution in [0.1, 0.15) is 24.5 Å². The summed E-state index contributed by atoms with van der Waals surface area (Å²) in [6.45, 7) is 5.34. The van der Waals surface area contributed by atoms with Crippen LogP contribution in [-0.2, 0) is 4.79 Å². The van der Waals surface area contributed by atoms with Crippen LogP contribution in [0.25, 0.3) is 0 Å². The molecule has 76 valence electrons. The number of hydrogen-bond acceptors (Lipinski definition) is 1. The summed E-state index contributed by atoms with van der Waals surface area (Å²) in [5.74, 6) is -0.322. The monoisotopic (exact) mass is 195 g/mol. The second-order valence-corrected chi connectivity index (χ2v) is 3.32. The lowest BCUT2D eigenvalue weighted by Gasteiger charge is -2.10. The largest absolute Gasteiger partial charge is 0.326 e. The summed E-state index contributed by atoms with van der Waals surface area (Å²) >= 11 is 0. The van der Waals surface area contributed by atoms with Crippen molar-refractivity contribution in [1.82, 2.24) is 0 Å². The zero-order valence-electron chi connectivity index (χ0n) is 8.65. The van der Waals surface area contributed by atoms with Gasteiger partial charge in [-0.3, -0.25) is 4.79 Å². The van der Waals surface area contributed by atoms with Gasteiger partial charge in [-0.25, -0.2) is 4.39 Å². The maximum atomic E-state index is 12.9. The second kappa shape index (κ2) is 4.22. The van der Waals surface area contributed by atoms with E-state index in [-0.39, 0.29) is 11.7 Å². The third kappa shape index (κ3) is 2.31. The highest BCUT2D eigenvalue weighted by molar-refractivity contribution is 5.92. The first kappa shape index (κ1) is 10.7. The van der Waals surface area contributed by atoms with E-state index in [1.807, 2.05) is 0 Å². The van der Waals surface area contributed by atoms with Crippen molar-refractivity contribution < 1.29 is 9.18 Å². The summed E-state index contributed by atoms with van der Waals surface area (Å²) < 4.78 is 12.9. The molecule has 0 heterocycles. The Morgan fingerprint density at radius 2 is 1.86 bits per heavy atom. The molecule has 3 heteroatoms. The van der Waals surface area contributed by atoms with E-state index in [1.165, 1.54) is 12.1 Å². The number of anilines is 1. The molecular formula is C11H14FNO. The molecule has 0 saturated carbocycles. The third-order valence-corrected chi connectivity index (χ3v) is 2.08. The maximum absolute atomic E-state index is 12.9. The third-order valence-electron chi connectivity index (χ3n) is 2.08. The van der Waals surface area contributed by atoms with Gasteiger partial charge >= 0.3 is 0 Å². The van der Waals surface area contributed by atoms with Gasteiger partial charge in [-0.2, -0.15) is 0 Å². The second-order valence-electron chi connectivity index (χ2n) is 3.32. The molecule has 0 saturated heterocycles. The number of carbonyl (C=O) groups is 1. The Hall–Kier alpha value is -1.38. The maximum Gasteiger partial charge on any atom is 0.224 e. The van der Waals surface area contributed by atoms with Gasteiger partial charge in [-0.1, -0.05) is 6.92 Å². The summed E-state index contributed by atoms with van der Waals surface area (Å²) in [5.41, 5.74) is 2.23. The number of carbonyl (C=O) groups excluding carboxylic acids is 1. The Morgan fingerprint density at radius 1 is 1.36 bits per heavy atom. The highest BCUT2D eigenvalue weighted by Crippen LogP contribution is 2.21. The Balaban J connectivity index is 3.02. The van der Waals surface area contributed by atoms with E-state index in [1.54, 1.807) is 20.8 Å². The van der Waals surface area contributed by atoms with Crippen molar-refractivity contribution in [2.75, 3.05) is 5.32 Å². The van der Waals surface area contributed by atoms with Crippen LogP contribution >= 0.6 is 0 Å². The van der Waals surface area contributed by atoms with Crippen LogP contribution in [0.5, 0.6) is 0 Å². The first-order valence-electron chi connectivity index (χ1n) is 4.61. The van der Waals surface area contributed by atoms with Crippen molar-refractivity contribution in [2.45, 2.75) is 27.2 Å². The number of hydrogen-bond donors (Lipinski definition) is 1. The van der Waals surface area contributed by atoms with Gasteiger partial charge in [-0.05, 0) is 37.1 Å². The van der Waals surface area contributed by atoms with Crippen molar-refractivity contribution in [3.63, 3.8) is 0 Å². The molecule has 1 rings (SSSR count). The normalized spacial score (nSPS) is 10.0. The predicted octanol–water partition coefficient (Wildman–Crippen LogP) is 2.79. The van der Waals surface area contributed by atoms with Crippen LogP contribution < -0.4 is 5.32 Å². The molecule has 14 heavy (non-hydrogen) atoms. The molecule has 0 aliphatic heterocycles. The first-order chi connectivity index (χ1) is 6.54. The van der Waals surface area contributed by atoms with Crippen LogP contribution in [0.3, 0.4) is 0 Å². The summed E-state index contributed by atoms with van der Waals surface area (Å²) in [5, 5.41) is 2.75. The SMILES string of the molecule is CCC(=O)Nc1c(C)cc(F)cc1C. The first-order valence-corrected chi connectivity index (χ1v) is 4.61. The molecule has 0 radical (unpaired) electrons. The van der Waals surface area contributed by atoms with E-state index >= 15 is 0 Å². The summed E-state index contributed by atoms with van der Waals surface area (Å²) in [6, 6.07) is 2.83. The van der Waals surface area contributed by atoms with Gasteiger partial charge in [0.2, 0.25) is 5.91 Å². The Labute approximate surface area is 83.1 Å². The minimum atomic E-state index is -0.269. The molecular weight excluding hydrogens is 181 g/mol. The highest BCUT2D eigenvalue weighted by Gasteiger charge is 2.07. The molecule has 1 amide bonds. The molecule has 0 unspecified atom stereocenters. The van der Waals surface area contributed by atoms with E-state index in [2.05, 4.69) is 5.32 Å². The van der Waals surface area contributed by atoms with E-state index in [9.17, 15) is 9.18 Å². The minimum Gasteiger partial charge on any atom is -0.326 e. The zero-order chi connectivity index (χ0) is 10.7. The molecule has 0 spiro atoms. The number of amides is 1. The molecule has 1 aromatic carbocycles. The molecule has 1 aromatic rings. The molecule has 0 aliphatic carbocycles. The number of halogens is 1. The molecule has 0 aliphatic rings. The molecule has 0 fully saturated rings. The van der Waals surface area contributed by atoms with Crippen LogP contribution in [0, 0.1) is 19.7 Å². The van der Waals surface area contributed by atoms with E-state index < -0.39 is 0 Å². The van der Waals surface area contributed by atoms with Gasteiger partial charge in [-0.15, -0.1) is 0 Å². The Bertz CT molecular complexity index is 337. The molecule has 0 atom stereocenters. The van der Waals surface area contributed by atoms with Gasteiger partial charge in [0, 0.05) is 12.1 Å². The van der Waals surface area contributed by atoms with Crippen molar-refractivity contribution in [3.05, 3.63) is 29.1 Å². The van der Waals surface area contributed by atoms with Crippen molar-refractivity contribution in [1.29, 1.82) is 0 Å². The zero-order valence-corrected chi connectivity index (χ0v) is 8.65. The van der Waals surface area contributed by atoms with Crippen LogP contribution in [0.15, 0.2) is 12.1 Å². The molecule has 2 nitrogen and oxygen atoms in total. The van der Waals surface area contributed by atoms with E-state index in [0.29, 0.717) is 6.42 Å². The predicted molar refractivity (Wildman–Crippen MR) is 54.8 cm³/mol. The number of rotatable bonds is 2. The van der Waals surface area contributed by atoms with Crippen molar-refractivity contribution in [2.24, 2.45) is 0 Å². The number of benzene rings is 1. The van der Waals surface area contributed by atoms with Gasteiger partial charge in [0.1, 0.15) is 5.82 Å². The van der Waals surface area contributed by atoms with Gasteiger partial charge in [0.05, 0.1) is 0 Å². The topological polar surface area (TPSA) is 29.1 Å². The average molecular weight is 195 g/mol. The average Bonchev–Trinajstić information content (AvgIpc) is 2.10. The number of nitrogens with one attached hydrogen (secondary N) is 1. The fraction of sp³-hybridized carbons (Fsp3) is 0.364. The fourth-order valence-electron chi connectivity index (χ4n) is 1.34. The smallest absolute Gasteiger partial charge is 0.224 e. The van der Waals surface area contributed by atoms with Crippen LogP contribution in [-0.4, -0.2) is 5.91 Å². The highest BCUT2D eigenvalue weighted by atomic mass is 19.1. The quantitative estimate of drug-likeness (QED) is 0.772. The van der Waals surface area contributed by atoms with Crippen molar-refractivity contribution >= 4 is 11.6 Å². The Kier molecular flexibility index (Phi) is 3.23. The number of aryl methyl sites for hydroxylation is 2. The van der Waals surface area contributed by atoms with Crippen LogP contribution in [0.2, 0.25) is 0 Å². The van der Waals surface area contributed by atoms with Crippen molar-refractivity contribution in [3.8, 4) is 0 Å². The van der Waals surface area contributed by atoms with E-state index in [0.717, 1.165) is 16.8 Å². The standard InChI is InChI=1S/C11H14FNO/c1-4-10(14)13-11-7(2)5-9(12)6-8(11)3/h5-6H,4H2,1-3H3,(H,13,14). The lowest BCUT2D eigenvalue weighted by molar-refractivity contribution is -0.115. The molecule has 1 N–H and O–H groups in total. The minimum absolute atomic E-state index is 0.0530. The molecule has 0 aromatic heterocycles. The summed E-state index contributed by atoms with van der Waals surface area (Å²) in [7, 11) is 0.